The van der Waals surface area contributed by atoms with Crippen molar-refractivity contribution >= 4 is 11.6 Å². The van der Waals surface area contributed by atoms with Gasteiger partial charge in [0, 0.05) is 0 Å². The van der Waals surface area contributed by atoms with Gasteiger partial charge in [-0.3, -0.25) is 0 Å². The zero-order chi connectivity index (χ0) is 16.4. The van der Waals surface area contributed by atoms with Crippen LogP contribution in [0.25, 0.3) is 0 Å². The van der Waals surface area contributed by atoms with E-state index in [-0.39, 0.29) is 22.7 Å². The van der Waals surface area contributed by atoms with Gasteiger partial charge in [0.2, 0.25) is 0 Å². The molecule has 2 aliphatic carbocycles. The summed E-state index contributed by atoms with van der Waals surface area (Å²) in [6.07, 6.45) is -0.922. The van der Waals surface area contributed by atoms with E-state index in [0.717, 1.165) is 0 Å². The van der Waals surface area contributed by atoms with Crippen LogP contribution in [0.15, 0.2) is 22.8 Å². The Hall–Kier alpha value is -0.440. The second-order valence-electron chi connectivity index (χ2n) is 8.00. The topological polar surface area (TPSA) is 0 Å². The van der Waals surface area contributed by atoms with Gasteiger partial charge in [0.15, 0.2) is 0 Å². The molecule has 0 aromatic heterocycles. The van der Waals surface area contributed by atoms with Crippen molar-refractivity contribution in [2.75, 3.05) is 0 Å². The molecule has 120 valence electrons. The lowest BCUT2D eigenvalue weighted by Gasteiger charge is -2.04. The fraction of sp³-hybridized carbons (Fsp3) is 0.765. The molecule has 0 N–H and O–H groups in total. The standard InChI is InChI=1S/C17H24ClF3/c1-9(2)7-10-13(15(10,3)4)14-11(16(14,5)6)8-12(18)17(19,20)21/h7-8,10-11,13-14H,1-6H3. The lowest BCUT2D eigenvalue weighted by molar-refractivity contribution is -0.0848. The molecule has 0 aromatic rings. The van der Waals surface area contributed by atoms with Crippen LogP contribution >= 0.6 is 11.6 Å². The molecule has 0 spiro atoms. The molecule has 2 aliphatic rings. The Morgan fingerprint density at radius 3 is 1.62 bits per heavy atom. The third kappa shape index (κ3) is 2.91. The van der Waals surface area contributed by atoms with Gasteiger partial charge in [-0.25, -0.2) is 0 Å². The Balaban J connectivity index is 2.19. The normalized spacial score (nSPS) is 37.1. The Labute approximate surface area is 130 Å². The fourth-order valence-electron chi connectivity index (χ4n) is 4.06. The molecule has 0 heterocycles. The van der Waals surface area contributed by atoms with Crippen LogP contribution in [0.5, 0.6) is 0 Å². The second-order valence-corrected chi connectivity index (χ2v) is 8.41. The molecule has 0 amide bonds. The highest BCUT2D eigenvalue weighted by Gasteiger charge is 2.71. The van der Waals surface area contributed by atoms with E-state index in [1.54, 1.807) is 0 Å². The van der Waals surface area contributed by atoms with Crippen molar-refractivity contribution in [1.29, 1.82) is 0 Å². The maximum atomic E-state index is 12.6. The van der Waals surface area contributed by atoms with Crippen molar-refractivity contribution < 1.29 is 13.2 Å². The number of hydrogen-bond acceptors (Lipinski definition) is 0. The van der Waals surface area contributed by atoms with Gasteiger partial charge in [-0.05, 0) is 48.3 Å². The minimum absolute atomic E-state index is 0.0773. The van der Waals surface area contributed by atoms with Gasteiger partial charge in [-0.2, -0.15) is 13.2 Å². The van der Waals surface area contributed by atoms with E-state index in [9.17, 15) is 13.2 Å². The van der Waals surface area contributed by atoms with Gasteiger partial charge in [0.25, 0.3) is 0 Å². The third-order valence-corrected chi connectivity index (χ3v) is 5.83. The summed E-state index contributed by atoms with van der Waals surface area (Å²) in [6, 6.07) is 0. The second kappa shape index (κ2) is 4.78. The van der Waals surface area contributed by atoms with Gasteiger partial charge >= 0.3 is 6.18 Å². The summed E-state index contributed by atoms with van der Waals surface area (Å²) in [5, 5.41) is -0.972. The van der Waals surface area contributed by atoms with Gasteiger partial charge in [-0.15, -0.1) is 0 Å². The molecule has 4 unspecified atom stereocenters. The maximum absolute atomic E-state index is 12.6. The molecule has 21 heavy (non-hydrogen) atoms. The van der Waals surface area contributed by atoms with Gasteiger partial charge < -0.3 is 0 Å². The van der Waals surface area contributed by atoms with E-state index in [2.05, 4.69) is 33.8 Å². The Kier molecular flexibility index (Phi) is 3.85. The van der Waals surface area contributed by atoms with E-state index < -0.39 is 11.2 Å². The number of rotatable bonds is 3. The molecule has 0 bridgehead atoms. The highest BCUT2D eigenvalue weighted by atomic mass is 35.5. The highest BCUT2D eigenvalue weighted by Crippen LogP contribution is 2.76. The monoisotopic (exact) mass is 320 g/mol. The van der Waals surface area contributed by atoms with Crippen molar-refractivity contribution in [3.63, 3.8) is 0 Å². The smallest absolute Gasteiger partial charge is 0.165 e. The van der Waals surface area contributed by atoms with E-state index in [1.165, 1.54) is 11.6 Å². The summed E-state index contributed by atoms with van der Waals surface area (Å²) in [7, 11) is 0. The Bertz CT molecular complexity index is 493. The Morgan fingerprint density at radius 2 is 1.29 bits per heavy atom. The van der Waals surface area contributed by atoms with Crippen LogP contribution < -0.4 is 0 Å². The predicted octanol–water partition coefficient (Wildman–Crippen LogP) is 6.18. The third-order valence-electron chi connectivity index (χ3n) is 5.49. The van der Waals surface area contributed by atoms with Crippen molar-refractivity contribution in [3.8, 4) is 0 Å². The average molecular weight is 321 g/mol. The van der Waals surface area contributed by atoms with Gasteiger partial charge in [0.1, 0.15) is 5.03 Å². The van der Waals surface area contributed by atoms with Crippen LogP contribution in [0.3, 0.4) is 0 Å². The predicted molar refractivity (Wildman–Crippen MR) is 80.9 cm³/mol. The molecule has 0 saturated heterocycles. The molecule has 0 radical (unpaired) electrons. The van der Waals surface area contributed by atoms with E-state index in [1.807, 2.05) is 13.8 Å². The number of allylic oxidation sites excluding steroid dienone is 4. The molecular weight excluding hydrogens is 297 g/mol. The summed E-state index contributed by atoms with van der Waals surface area (Å²) >= 11 is 5.43. The average Bonchev–Trinajstić information content (AvgIpc) is 2.97. The van der Waals surface area contributed by atoms with Gasteiger partial charge in [-0.1, -0.05) is 57.0 Å². The SMILES string of the molecule is CC(C)=CC1C(C2C(C=C(Cl)C(F)(F)F)C2(C)C)C1(C)C. The first-order valence-electron chi connectivity index (χ1n) is 7.40. The van der Waals surface area contributed by atoms with Crippen molar-refractivity contribution in [2.45, 2.75) is 47.7 Å². The molecule has 2 rings (SSSR count). The van der Waals surface area contributed by atoms with E-state index in [0.29, 0.717) is 11.8 Å². The number of alkyl halides is 3. The van der Waals surface area contributed by atoms with E-state index >= 15 is 0 Å². The first-order chi connectivity index (χ1) is 9.31. The summed E-state index contributed by atoms with van der Waals surface area (Å²) in [5.41, 5.74) is 1.35. The molecule has 0 aromatic carbocycles. The van der Waals surface area contributed by atoms with Crippen LogP contribution in [0.1, 0.15) is 41.5 Å². The molecular formula is C17H24ClF3. The van der Waals surface area contributed by atoms with E-state index in [4.69, 9.17) is 11.6 Å². The lowest BCUT2D eigenvalue weighted by Crippen LogP contribution is -2.07. The van der Waals surface area contributed by atoms with Crippen LogP contribution in [0.4, 0.5) is 13.2 Å². The lowest BCUT2D eigenvalue weighted by atomic mass is 10.0. The Morgan fingerprint density at radius 1 is 0.905 bits per heavy atom. The quantitative estimate of drug-likeness (QED) is 0.544. The molecule has 2 saturated carbocycles. The van der Waals surface area contributed by atoms with Crippen LogP contribution in [0.2, 0.25) is 0 Å². The van der Waals surface area contributed by atoms with Crippen molar-refractivity contribution in [1.82, 2.24) is 0 Å². The summed E-state index contributed by atoms with van der Waals surface area (Å²) in [4.78, 5) is 0. The maximum Gasteiger partial charge on any atom is 0.426 e. The van der Waals surface area contributed by atoms with Crippen LogP contribution in [-0.4, -0.2) is 6.18 Å². The number of halogens is 4. The van der Waals surface area contributed by atoms with Crippen LogP contribution in [-0.2, 0) is 0 Å². The molecule has 2 fully saturated rings. The molecule has 4 heteroatoms. The number of hydrogen-bond donors (Lipinski definition) is 0. The van der Waals surface area contributed by atoms with Crippen molar-refractivity contribution in [3.05, 3.63) is 22.8 Å². The summed E-state index contributed by atoms with van der Waals surface area (Å²) in [5.74, 6) is 1.12. The zero-order valence-electron chi connectivity index (χ0n) is 13.5. The molecule has 0 nitrogen and oxygen atoms in total. The fourth-order valence-corrected chi connectivity index (χ4v) is 4.19. The van der Waals surface area contributed by atoms with Crippen molar-refractivity contribution in [2.24, 2.45) is 34.5 Å². The summed E-state index contributed by atoms with van der Waals surface area (Å²) < 4.78 is 37.9. The zero-order valence-corrected chi connectivity index (χ0v) is 14.2. The molecule has 0 aliphatic heterocycles. The van der Waals surface area contributed by atoms with Gasteiger partial charge in [0.05, 0.1) is 0 Å². The first-order valence-corrected chi connectivity index (χ1v) is 7.78. The van der Waals surface area contributed by atoms with Crippen LogP contribution in [0, 0.1) is 34.5 Å². The highest BCUT2D eigenvalue weighted by molar-refractivity contribution is 6.30. The summed E-state index contributed by atoms with van der Waals surface area (Å²) in [6.45, 7) is 12.7. The first kappa shape index (κ1) is 16.9. The molecule has 4 atom stereocenters. The minimum atomic E-state index is -4.43. The largest absolute Gasteiger partial charge is 0.426 e. The minimum Gasteiger partial charge on any atom is -0.165 e.